The van der Waals surface area contributed by atoms with Crippen LogP contribution in [0.1, 0.15) is 95.2 Å². The maximum atomic E-state index is 2.60. The molecule has 0 N–H and O–H groups in total. The van der Waals surface area contributed by atoms with E-state index in [2.05, 4.69) is 130 Å². The predicted molar refractivity (Wildman–Crippen MR) is 170 cm³/mol. The molecule has 0 saturated carbocycles. The third-order valence-corrected chi connectivity index (χ3v) is 15.2. The van der Waals surface area contributed by atoms with Crippen LogP contribution in [-0.4, -0.2) is 8.07 Å². The van der Waals surface area contributed by atoms with Gasteiger partial charge < -0.3 is 37.2 Å². The summed E-state index contributed by atoms with van der Waals surface area (Å²) < 4.78 is 1.51. The topological polar surface area (TPSA) is 0 Å². The molecule has 0 bridgehead atoms. The number of halogens is 3. The Labute approximate surface area is 287 Å². The molecule has 3 aromatic rings. The van der Waals surface area contributed by atoms with Crippen molar-refractivity contribution in [1.29, 1.82) is 0 Å². The summed E-state index contributed by atoms with van der Waals surface area (Å²) in [5.74, 6) is 0. The van der Waals surface area contributed by atoms with Crippen molar-refractivity contribution < 1.29 is 57.7 Å². The van der Waals surface area contributed by atoms with Crippen LogP contribution < -0.4 is 52.8 Å². The Morgan fingerprint density at radius 1 is 0.500 bits per heavy atom. The second-order valence-electron chi connectivity index (χ2n) is 11.4. The fourth-order valence-electron chi connectivity index (χ4n) is 6.56. The van der Waals surface area contributed by atoms with E-state index >= 15 is 0 Å². The minimum Gasteiger partial charge on any atom is -1.00 e. The van der Waals surface area contributed by atoms with Crippen molar-refractivity contribution in [2.24, 2.45) is 0 Å². The number of benzene rings is 3. The monoisotopic (exact) mass is 672 g/mol. The van der Waals surface area contributed by atoms with Crippen molar-refractivity contribution >= 4 is 23.6 Å². The Balaban J connectivity index is 0.00000294. The SMILES string of the molecule is CCc1cc(CC)cc([Si](C2=C(C)[C]([Ti+3])=C(C)C2)(c2cc(CC)cc(CC)c2)c2cc(CC)cc(CC)c2)c1.[Cl-].[Cl-].[Cl-]. The van der Waals surface area contributed by atoms with E-state index in [-0.39, 0.29) is 37.2 Å². The molecule has 0 amide bonds. The van der Waals surface area contributed by atoms with Crippen LogP contribution >= 0.6 is 0 Å². The number of hydrogen-bond donors (Lipinski definition) is 0. The molecule has 1 aliphatic carbocycles. The standard InChI is InChI=1S/C37H47Si.3ClH.Ti/c1-9-28-17-29(10-2)21-34(20-28)38(37-16-26(7)15-27(37)8,35-22-30(11-3)18-31(12-4)23-35)36-24-32(13-5)19-33(14-6)25-36;;;;/h17-25H,9-14,16H2,1-8H3;3*1H;/q;;;;+3/p-3. The Morgan fingerprint density at radius 2 is 0.762 bits per heavy atom. The van der Waals surface area contributed by atoms with E-state index in [4.69, 9.17) is 0 Å². The zero-order valence-corrected chi connectivity index (χ0v) is 31.6. The van der Waals surface area contributed by atoms with Crippen LogP contribution in [0.15, 0.2) is 74.8 Å². The number of aryl methyl sites for hydroxylation is 6. The molecule has 3 aromatic carbocycles. The van der Waals surface area contributed by atoms with Gasteiger partial charge in [-0.2, -0.15) is 0 Å². The molecular formula is C37H47Cl3SiTi. The van der Waals surface area contributed by atoms with Gasteiger partial charge in [-0.15, -0.1) is 0 Å². The molecule has 0 spiro atoms. The zero-order chi connectivity index (χ0) is 28.3. The molecule has 0 fully saturated rings. The first kappa shape index (κ1) is 39.0. The summed E-state index contributed by atoms with van der Waals surface area (Å²) >= 11 is 2.36. The van der Waals surface area contributed by atoms with E-state index in [9.17, 15) is 0 Å². The van der Waals surface area contributed by atoms with Crippen molar-refractivity contribution in [2.75, 3.05) is 0 Å². The molecule has 4 rings (SSSR count). The number of allylic oxidation sites excluding steroid dienone is 4. The normalized spacial score (nSPS) is 13.1. The Hall–Kier alpha value is -1.06. The zero-order valence-electron chi connectivity index (χ0n) is 26.8. The van der Waals surface area contributed by atoms with E-state index in [1.807, 2.05) is 0 Å². The van der Waals surface area contributed by atoms with Gasteiger partial charge in [0.1, 0.15) is 0 Å². The Morgan fingerprint density at radius 3 is 0.952 bits per heavy atom. The molecule has 42 heavy (non-hydrogen) atoms. The van der Waals surface area contributed by atoms with Crippen LogP contribution in [0.25, 0.3) is 0 Å². The number of hydrogen-bond acceptors (Lipinski definition) is 0. The molecule has 0 atom stereocenters. The van der Waals surface area contributed by atoms with Crippen LogP contribution in [0.3, 0.4) is 0 Å². The van der Waals surface area contributed by atoms with Crippen LogP contribution in [0.2, 0.25) is 0 Å². The van der Waals surface area contributed by atoms with Gasteiger partial charge in [0.2, 0.25) is 0 Å². The Kier molecular flexibility index (Phi) is 15.6. The van der Waals surface area contributed by atoms with Crippen LogP contribution in [0, 0.1) is 0 Å². The molecular weight excluding hydrogens is 627 g/mol. The van der Waals surface area contributed by atoms with Crippen LogP contribution in [0.4, 0.5) is 0 Å². The first-order chi connectivity index (χ1) is 18.7. The van der Waals surface area contributed by atoms with Gasteiger partial charge in [-0.05, 0) is 0 Å². The summed E-state index contributed by atoms with van der Waals surface area (Å²) in [5, 5.41) is 6.46. The molecule has 0 unspecified atom stereocenters. The van der Waals surface area contributed by atoms with Gasteiger partial charge in [0.15, 0.2) is 0 Å². The van der Waals surface area contributed by atoms with Gasteiger partial charge in [0.05, 0.1) is 0 Å². The van der Waals surface area contributed by atoms with Gasteiger partial charge in [0, 0.05) is 0 Å². The average Bonchev–Trinajstić information content (AvgIpc) is 3.23. The van der Waals surface area contributed by atoms with Gasteiger partial charge in [-0.3, -0.25) is 0 Å². The van der Waals surface area contributed by atoms with Gasteiger partial charge in [-0.25, -0.2) is 0 Å². The first-order valence-electron chi connectivity index (χ1n) is 15.3. The van der Waals surface area contributed by atoms with Gasteiger partial charge in [0.25, 0.3) is 0 Å². The second-order valence-corrected chi connectivity index (χ2v) is 16.0. The largest absolute Gasteiger partial charge is 1.00 e. The van der Waals surface area contributed by atoms with Gasteiger partial charge >= 0.3 is 253 Å². The molecule has 224 valence electrons. The summed E-state index contributed by atoms with van der Waals surface area (Å²) in [6.07, 6.45) is 7.54. The maximum Gasteiger partial charge on any atom is -1.00 e. The molecule has 0 saturated heterocycles. The smallest absolute Gasteiger partial charge is 1.00 e. The fraction of sp³-hybridized carbons (Fsp3) is 0.405. The summed E-state index contributed by atoms with van der Waals surface area (Å²) in [7, 11) is -2.59. The van der Waals surface area contributed by atoms with Crippen molar-refractivity contribution in [3.63, 3.8) is 0 Å². The number of rotatable bonds is 10. The van der Waals surface area contributed by atoms with Crippen molar-refractivity contribution in [3.8, 4) is 0 Å². The quantitative estimate of drug-likeness (QED) is 0.184. The summed E-state index contributed by atoms with van der Waals surface area (Å²) in [4.78, 5) is 0. The molecule has 0 aliphatic heterocycles. The Bertz CT molecular complexity index is 1240. The molecule has 0 radical (unpaired) electrons. The predicted octanol–water partition coefficient (Wildman–Crippen LogP) is -1.38. The van der Waals surface area contributed by atoms with Crippen molar-refractivity contribution in [3.05, 3.63) is 108 Å². The van der Waals surface area contributed by atoms with E-state index in [1.165, 1.54) is 37.3 Å². The van der Waals surface area contributed by atoms with Crippen molar-refractivity contribution in [1.82, 2.24) is 0 Å². The van der Waals surface area contributed by atoms with Crippen LogP contribution in [0.5, 0.6) is 0 Å². The summed E-state index contributed by atoms with van der Waals surface area (Å²) in [6.45, 7) is 18.7. The van der Waals surface area contributed by atoms with E-state index < -0.39 is 8.07 Å². The van der Waals surface area contributed by atoms with Crippen molar-refractivity contribution in [2.45, 2.75) is 100 Å². The molecule has 1 aliphatic rings. The summed E-state index contributed by atoms with van der Waals surface area (Å²) in [6, 6.07) is 23.0. The van der Waals surface area contributed by atoms with E-state index in [0.717, 1.165) is 44.9 Å². The maximum absolute atomic E-state index is 2.60. The van der Waals surface area contributed by atoms with E-state index in [0.29, 0.717) is 0 Å². The average molecular weight is 674 g/mol. The third-order valence-electron chi connectivity index (χ3n) is 9.06. The molecule has 0 aromatic heterocycles. The minimum atomic E-state index is -2.59. The second kappa shape index (κ2) is 16.9. The fourth-order valence-corrected chi connectivity index (χ4v) is 12.8. The minimum absolute atomic E-state index is 0. The molecule has 5 heteroatoms. The first-order valence-corrected chi connectivity index (χ1v) is 18.0. The third kappa shape index (κ3) is 7.42. The van der Waals surface area contributed by atoms with Crippen LogP contribution in [-0.2, 0) is 59.0 Å². The van der Waals surface area contributed by atoms with Gasteiger partial charge in [-0.1, -0.05) is 0 Å². The summed E-state index contributed by atoms with van der Waals surface area (Å²) in [5.41, 5.74) is 11.9. The molecule has 0 nitrogen and oxygen atoms in total. The van der Waals surface area contributed by atoms with E-state index in [1.54, 1.807) is 31.9 Å². The molecule has 0 heterocycles.